The Kier molecular flexibility index (Phi) is 2.97. The van der Waals surface area contributed by atoms with Gasteiger partial charge in [-0.25, -0.2) is 0 Å². The summed E-state index contributed by atoms with van der Waals surface area (Å²) in [5, 5.41) is 9.55. The van der Waals surface area contributed by atoms with Gasteiger partial charge in [-0.1, -0.05) is 13.0 Å². The molecule has 0 saturated heterocycles. The van der Waals surface area contributed by atoms with Crippen molar-refractivity contribution in [2.75, 3.05) is 0 Å². The van der Waals surface area contributed by atoms with Gasteiger partial charge in [-0.3, -0.25) is 4.79 Å². The fourth-order valence-electron chi connectivity index (χ4n) is 2.11. The first kappa shape index (κ1) is 11.4. The second-order valence-corrected chi connectivity index (χ2v) is 4.12. The van der Waals surface area contributed by atoms with Crippen LogP contribution in [0.4, 0.5) is 0 Å². The predicted octanol–water partition coefficient (Wildman–Crippen LogP) is 3.14. The van der Waals surface area contributed by atoms with E-state index in [0.717, 1.165) is 23.0 Å². The number of H-pyrrole nitrogens is 1. The molecule has 1 aromatic carbocycles. The molecule has 1 heterocycles. The minimum absolute atomic E-state index is 0.0653. The van der Waals surface area contributed by atoms with Crippen molar-refractivity contribution in [1.82, 2.24) is 4.98 Å². The fourth-order valence-corrected chi connectivity index (χ4v) is 2.11. The topological polar surface area (TPSA) is 56.6 Å². The molecule has 2 rings (SSSR count). The summed E-state index contributed by atoms with van der Waals surface area (Å²) in [7, 11) is 0. The summed E-state index contributed by atoms with van der Waals surface area (Å²) in [5.74, 6) is -0.107. The van der Waals surface area contributed by atoms with Crippen LogP contribution in [-0.2, 0) is 6.42 Å². The fraction of sp³-hybridized carbons (Fsp3) is 0.286. The van der Waals surface area contributed by atoms with Crippen molar-refractivity contribution in [3.63, 3.8) is 0 Å². The Hall–Kier alpha value is -2.08. The molecule has 1 aromatic heterocycles. The van der Waals surface area contributed by atoms with Crippen LogP contribution in [0.1, 0.15) is 35.0 Å². The molecule has 0 atom stereocenters. The second kappa shape index (κ2) is 4.42. The van der Waals surface area contributed by atoms with Gasteiger partial charge in [-0.2, -0.15) is 5.26 Å². The van der Waals surface area contributed by atoms with E-state index in [1.165, 1.54) is 5.56 Å². The highest BCUT2D eigenvalue weighted by molar-refractivity contribution is 6.10. The maximum absolute atomic E-state index is 11.9. The summed E-state index contributed by atoms with van der Waals surface area (Å²) >= 11 is 0. The Morgan fingerprint density at radius 3 is 2.88 bits per heavy atom. The number of hydrogen-bond acceptors (Lipinski definition) is 2. The van der Waals surface area contributed by atoms with Gasteiger partial charge in [0, 0.05) is 22.2 Å². The standard InChI is InChI=1S/C14H14N2O/c1-3-10-4-5-12-11(8-10)14(9(2)16-12)13(17)6-7-15/h4-5,8,16H,3,6H2,1-2H3. The van der Waals surface area contributed by atoms with Crippen molar-refractivity contribution in [3.8, 4) is 6.07 Å². The van der Waals surface area contributed by atoms with Crippen LogP contribution >= 0.6 is 0 Å². The normalized spacial score (nSPS) is 10.4. The maximum atomic E-state index is 11.9. The highest BCUT2D eigenvalue weighted by Gasteiger charge is 2.15. The van der Waals surface area contributed by atoms with Crippen molar-refractivity contribution in [1.29, 1.82) is 5.26 Å². The molecular weight excluding hydrogens is 212 g/mol. The number of aromatic amines is 1. The molecule has 86 valence electrons. The van der Waals surface area contributed by atoms with E-state index in [1.807, 2.05) is 25.1 Å². The molecule has 0 aliphatic carbocycles. The SMILES string of the molecule is CCc1ccc2[nH]c(C)c(C(=O)CC#N)c2c1. The summed E-state index contributed by atoms with van der Waals surface area (Å²) in [4.78, 5) is 15.1. The molecule has 3 heteroatoms. The first-order valence-corrected chi connectivity index (χ1v) is 5.68. The highest BCUT2D eigenvalue weighted by atomic mass is 16.1. The summed E-state index contributed by atoms with van der Waals surface area (Å²) in [6.07, 6.45) is 0.871. The number of ketones is 1. The molecule has 0 radical (unpaired) electrons. The Bertz CT molecular complexity index is 617. The number of aromatic nitrogens is 1. The van der Waals surface area contributed by atoms with Crippen LogP contribution in [0.5, 0.6) is 0 Å². The predicted molar refractivity (Wildman–Crippen MR) is 67.0 cm³/mol. The first-order chi connectivity index (χ1) is 8.17. The van der Waals surface area contributed by atoms with Crippen LogP contribution in [0.15, 0.2) is 18.2 Å². The van der Waals surface area contributed by atoms with Gasteiger partial charge in [0.05, 0.1) is 12.5 Å². The van der Waals surface area contributed by atoms with Gasteiger partial charge in [0.25, 0.3) is 0 Å². The molecule has 0 spiro atoms. The van der Waals surface area contributed by atoms with Crippen molar-refractivity contribution in [2.24, 2.45) is 0 Å². The van der Waals surface area contributed by atoms with Gasteiger partial charge >= 0.3 is 0 Å². The van der Waals surface area contributed by atoms with E-state index < -0.39 is 0 Å². The molecule has 0 aliphatic rings. The number of hydrogen-bond donors (Lipinski definition) is 1. The van der Waals surface area contributed by atoms with E-state index in [0.29, 0.717) is 5.56 Å². The lowest BCUT2D eigenvalue weighted by Gasteiger charge is -1.99. The van der Waals surface area contributed by atoms with E-state index in [2.05, 4.69) is 18.0 Å². The van der Waals surface area contributed by atoms with E-state index in [-0.39, 0.29) is 12.2 Å². The van der Waals surface area contributed by atoms with Crippen LogP contribution in [0, 0.1) is 18.3 Å². The summed E-state index contributed by atoms with van der Waals surface area (Å²) in [6, 6.07) is 7.99. The molecular formula is C14H14N2O. The first-order valence-electron chi connectivity index (χ1n) is 5.68. The Labute approximate surface area is 100 Å². The minimum atomic E-state index is -0.107. The van der Waals surface area contributed by atoms with Crippen LogP contribution < -0.4 is 0 Å². The number of nitrogens with one attached hydrogen (secondary N) is 1. The largest absolute Gasteiger partial charge is 0.358 e. The summed E-state index contributed by atoms with van der Waals surface area (Å²) in [6.45, 7) is 3.95. The van der Waals surface area contributed by atoms with E-state index in [1.54, 1.807) is 0 Å². The number of aryl methyl sites for hydroxylation is 2. The molecule has 0 aliphatic heterocycles. The zero-order valence-corrected chi connectivity index (χ0v) is 10.0. The lowest BCUT2D eigenvalue weighted by atomic mass is 10.0. The number of nitriles is 1. The van der Waals surface area contributed by atoms with E-state index in [9.17, 15) is 4.79 Å². The number of benzene rings is 1. The second-order valence-electron chi connectivity index (χ2n) is 4.12. The molecule has 0 bridgehead atoms. The number of carbonyl (C=O) groups is 1. The average molecular weight is 226 g/mol. The minimum Gasteiger partial charge on any atom is -0.358 e. The number of Topliss-reactive ketones (excluding diaryl/α,β-unsaturated/α-hetero) is 1. The zero-order valence-electron chi connectivity index (χ0n) is 10.0. The monoisotopic (exact) mass is 226 g/mol. The van der Waals surface area contributed by atoms with Crippen molar-refractivity contribution in [2.45, 2.75) is 26.7 Å². The third-order valence-corrected chi connectivity index (χ3v) is 2.98. The van der Waals surface area contributed by atoms with Gasteiger partial charge < -0.3 is 4.98 Å². The van der Waals surface area contributed by atoms with Gasteiger partial charge in [0.15, 0.2) is 5.78 Å². The molecule has 2 aromatic rings. The van der Waals surface area contributed by atoms with Crippen molar-refractivity contribution >= 4 is 16.7 Å². The summed E-state index contributed by atoms with van der Waals surface area (Å²) < 4.78 is 0. The van der Waals surface area contributed by atoms with Crippen molar-refractivity contribution < 1.29 is 4.79 Å². The lowest BCUT2D eigenvalue weighted by molar-refractivity contribution is 0.0999. The lowest BCUT2D eigenvalue weighted by Crippen LogP contribution is -1.98. The molecule has 0 unspecified atom stereocenters. The molecule has 1 N–H and O–H groups in total. The summed E-state index contributed by atoms with van der Waals surface area (Å²) in [5.41, 5.74) is 3.66. The molecule has 3 nitrogen and oxygen atoms in total. The molecule has 0 fully saturated rings. The Morgan fingerprint density at radius 1 is 1.47 bits per heavy atom. The molecule has 17 heavy (non-hydrogen) atoms. The van der Waals surface area contributed by atoms with Crippen LogP contribution in [0.25, 0.3) is 10.9 Å². The number of rotatable bonds is 3. The smallest absolute Gasteiger partial charge is 0.179 e. The van der Waals surface area contributed by atoms with Gasteiger partial charge in [0.2, 0.25) is 0 Å². The number of fused-ring (bicyclic) bond motifs is 1. The maximum Gasteiger partial charge on any atom is 0.179 e. The zero-order chi connectivity index (χ0) is 12.4. The highest BCUT2D eigenvalue weighted by Crippen LogP contribution is 2.24. The Morgan fingerprint density at radius 2 is 2.24 bits per heavy atom. The number of nitrogens with zero attached hydrogens (tertiary/aromatic N) is 1. The quantitative estimate of drug-likeness (QED) is 0.817. The third kappa shape index (κ3) is 1.94. The van der Waals surface area contributed by atoms with Gasteiger partial charge in [-0.05, 0) is 31.0 Å². The van der Waals surface area contributed by atoms with Gasteiger partial charge in [-0.15, -0.1) is 0 Å². The molecule has 0 saturated carbocycles. The van der Waals surface area contributed by atoms with Gasteiger partial charge in [0.1, 0.15) is 0 Å². The van der Waals surface area contributed by atoms with E-state index in [4.69, 9.17) is 5.26 Å². The Balaban J connectivity index is 2.65. The van der Waals surface area contributed by atoms with Crippen molar-refractivity contribution in [3.05, 3.63) is 35.0 Å². The van der Waals surface area contributed by atoms with Crippen LogP contribution in [0.2, 0.25) is 0 Å². The average Bonchev–Trinajstić information content (AvgIpc) is 2.64. The third-order valence-electron chi connectivity index (χ3n) is 2.98. The van der Waals surface area contributed by atoms with E-state index >= 15 is 0 Å². The number of carbonyl (C=O) groups excluding carboxylic acids is 1. The molecule has 0 amide bonds. The van der Waals surface area contributed by atoms with Crippen LogP contribution in [0.3, 0.4) is 0 Å². The van der Waals surface area contributed by atoms with Crippen LogP contribution in [-0.4, -0.2) is 10.8 Å².